The van der Waals surface area contributed by atoms with Crippen LogP contribution in [0.1, 0.15) is 49.4 Å². The smallest absolute Gasteiger partial charge is 0.385 e. The summed E-state index contributed by atoms with van der Waals surface area (Å²) in [6.45, 7) is 9.57. The van der Waals surface area contributed by atoms with Gasteiger partial charge in [-0.25, -0.2) is 9.37 Å². The van der Waals surface area contributed by atoms with Gasteiger partial charge in [-0.15, -0.1) is 0 Å². The Morgan fingerprint density at radius 1 is 1.16 bits per heavy atom. The summed E-state index contributed by atoms with van der Waals surface area (Å²) in [6.07, 6.45) is 4.18. The highest BCUT2D eigenvalue weighted by atomic mass is 32.2. The van der Waals surface area contributed by atoms with Crippen LogP contribution in [0.25, 0.3) is 11.3 Å². The molecule has 1 aromatic carbocycles. The highest BCUT2D eigenvalue weighted by Gasteiger charge is 2.33. The average Bonchev–Trinajstić information content (AvgIpc) is 3.30. The molecule has 0 spiro atoms. The molecule has 3 heterocycles. The molecule has 230 valence electrons. The van der Waals surface area contributed by atoms with Crippen LogP contribution in [0.3, 0.4) is 0 Å². The molecule has 3 aromatic rings. The van der Waals surface area contributed by atoms with Crippen LogP contribution in [0, 0.1) is 17.8 Å². The Kier molecular flexibility index (Phi) is 9.77. The number of hydrogen-bond acceptors (Lipinski definition) is 6. The number of alkyl halides is 4. The minimum Gasteiger partial charge on any atom is -0.385 e. The zero-order chi connectivity index (χ0) is 30.6. The fraction of sp³-hybridized carbons (Fsp3) is 0.469. The van der Waals surface area contributed by atoms with E-state index in [-0.39, 0.29) is 29.0 Å². The maximum Gasteiger partial charge on any atom is 0.447 e. The summed E-state index contributed by atoms with van der Waals surface area (Å²) in [6, 6.07) is 9.04. The van der Waals surface area contributed by atoms with Gasteiger partial charge < -0.3 is 20.9 Å². The van der Waals surface area contributed by atoms with Crippen LogP contribution < -0.4 is 16.0 Å². The molecule has 5 rings (SSSR count). The number of fused-ring (bicyclic) bond motifs is 1. The van der Waals surface area contributed by atoms with Crippen molar-refractivity contribution in [3.05, 3.63) is 59.9 Å². The standard InChI is InChI=1S/C32H38F4N6S/c1-4-23-17-24(21(2)38-18-22-19-41(3)20-22)13-14-26(23)37-15-7-11-29-31(43-32(34,35)36)42-16-8-12-28(30(42)40-29)39-27-10-6-5-9-25(27)33/h8,12-14,16-17,22,25,27,37-39H,2,4-6,9-10,15,18-20H2,1,3H3. The lowest BCUT2D eigenvalue weighted by Crippen LogP contribution is -2.47. The second-order valence-electron chi connectivity index (χ2n) is 11.3. The van der Waals surface area contributed by atoms with Crippen LogP contribution in [-0.4, -0.2) is 65.2 Å². The van der Waals surface area contributed by atoms with Gasteiger partial charge in [-0.2, -0.15) is 13.2 Å². The van der Waals surface area contributed by atoms with Crippen molar-refractivity contribution < 1.29 is 17.6 Å². The van der Waals surface area contributed by atoms with Gasteiger partial charge in [0.25, 0.3) is 0 Å². The zero-order valence-corrected chi connectivity index (χ0v) is 25.3. The van der Waals surface area contributed by atoms with Crippen molar-refractivity contribution in [2.24, 2.45) is 5.92 Å². The monoisotopic (exact) mass is 614 g/mol. The maximum atomic E-state index is 14.5. The van der Waals surface area contributed by atoms with Gasteiger partial charge in [-0.1, -0.05) is 38.3 Å². The molecular formula is C32H38F4N6S. The van der Waals surface area contributed by atoms with E-state index in [0.29, 0.717) is 30.1 Å². The van der Waals surface area contributed by atoms with E-state index in [9.17, 15) is 17.6 Å². The maximum absolute atomic E-state index is 14.5. The van der Waals surface area contributed by atoms with Crippen molar-refractivity contribution in [3.63, 3.8) is 0 Å². The molecular weight excluding hydrogens is 576 g/mol. The van der Waals surface area contributed by atoms with Crippen LogP contribution in [0.15, 0.2) is 48.1 Å². The number of hydrogen-bond donors (Lipinski definition) is 3. The highest BCUT2D eigenvalue weighted by Crippen LogP contribution is 2.40. The van der Waals surface area contributed by atoms with E-state index in [0.717, 1.165) is 61.4 Å². The third-order valence-electron chi connectivity index (χ3n) is 7.99. The molecule has 6 nitrogen and oxygen atoms in total. The van der Waals surface area contributed by atoms with Crippen molar-refractivity contribution >= 4 is 34.5 Å². The molecule has 2 aliphatic rings. The largest absolute Gasteiger partial charge is 0.447 e. The molecule has 1 aliphatic carbocycles. The Balaban J connectivity index is 1.30. The third-order valence-corrected chi connectivity index (χ3v) is 8.81. The van der Waals surface area contributed by atoms with Crippen LogP contribution >= 0.6 is 11.8 Å². The zero-order valence-electron chi connectivity index (χ0n) is 24.5. The van der Waals surface area contributed by atoms with Gasteiger partial charge in [0.05, 0.1) is 18.3 Å². The van der Waals surface area contributed by atoms with Crippen molar-refractivity contribution in [2.45, 2.75) is 61.8 Å². The molecule has 43 heavy (non-hydrogen) atoms. The minimum atomic E-state index is -4.52. The predicted molar refractivity (Wildman–Crippen MR) is 167 cm³/mol. The molecule has 2 aromatic heterocycles. The molecule has 1 saturated carbocycles. The molecule has 11 heteroatoms. The molecule has 2 unspecified atom stereocenters. The van der Waals surface area contributed by atoms with E-state index in [1.54, 1.807) is 12.1 Å². The summed E-state index contributed by atoms with van der Waals surface area (Å²) in [7, 11) is 2.11. The number of rotatable bonds is 10. The van der Waals surface area contributed by atoms with Gasteiger partial charge in [0.1, 0.15) is 16.9 Å². The predicted octanol–water partition coefficient (Wildman–Crippen LogP) is 6.79. The molecule has 1 aliphatic heterocycles. The molecule has 0 radical (unpaired) electrons. The van der Waals surface area contributed by atoms with Gasteiger partial charge in [-0.3, -0.25) is 4.40 Å². The molecule has 2 atom stereocenters. The van der Waals surface area contributed by atoms with Crippen molar-refractivity contribution in [3.8, 4) is 11.8 Å². The van der Waals surface area contributed by atoms with Crippen LogP contribution in [0.2, 0.25) is 0 Å². The first-order valence-corrected chi connectivity index (χ1v) is 15.6. The molecule has 0 amide bonds. The Bertz CT molecular complexity index is 1500. The second-order valence-corrected chi connectivity index (χ2v) is 12.4. The molecule has 3 N–H and O–H groups in total. The Morgan fingerprint density at radius 3 is 2.67 bits per heavy atom. The van der Waals surface area contributed by atoms with Crippen LogP contribution in [0.5, 0.6) is 0 Å². The normalized spacial score (nSPS) is 19.4. The Labute approximate surface area is 254 Å². The van der Waals surface area contributed by atoms with E-state index in [2.05, 4.69) is 64.3 Å². The first-order chi connectivity index (χ1) is 20.6. The van der Waals surface area contributed by atoms with Gasteiger partial charge >= 0.3 is 5.51 Å². The summed E-state index contributed by atoms with van der Waals surface area (Å²) in [5, 5.41) is 9.82. The van der Waals surface area contributed by atoms with Gasteiger partial charge in [0.15, 0.2) is 5.65 Å². The molecule has 2 fully saturated rings. The number of benzene rings is 1. The average molecular weight is 615 g/mol. The lowest BCUT2D eigenvalue weighted by Gasteiger charge is -2.36. The Morgan fingerprint density at radius 2 is 1.95 bits per heavy atom. The van der Waals surface area contributed by atoms with Crippen LogP contribution in [0.4, 0.5) is 28.9 Å². The number of pyridine rings is 1. The summed E-state index contributed by atoms with van der Waals surface area (Å²) in [5.74, 6) is 6.44. The number of nitrogens with zero attached hydrogens (tertiary/aromatic N) is 3. The van der Waals surface area contributed by atoms with Gasteiger partial charge in [0, 0.05) is 54.9 Å². The van der Waals surface area contributed by atoms with Gasteiger partial charge in [0.2, 0.25) is 0 Å². The molecule has 0 bridgehead atoms. The summed E-state index contributed by atoms with van der Waals surface area (Å²) in [4.78, 5) is 6.76. The molecule has 1 saturated heterocycles. The van der Waals surface area contributed by atoms with Crippen molar-refractivity contribution in [1.29, 1.82) is 0 Å². The first kappa shape index (κ1) is 31.1. The fourth-order valence-electron chi connectivity index (χ4n) is 5.74. The van der Waals surface area contributed by atoms with E-state index >= 15 is 0 Å². The number of likely N-dealkylation sites (tertiary alicyclic amines) is 1. The SMILES string of the molecule is C=C(NCC1CN(C)C1)c1ccc(NCC#Cc2nc3c(NC4CCCCC4F)cccn3c2SC(F)(F)F)c(CC)c1. The topological polar surface area (TPSA) is 56.6 Å². The quantitative estimate of drug-likeness (QED) is 0.133. The van der Waals surface area contributed by atoms with E-state index in [1.165, 1.54) is 10.6 Å². The fourth-order valence-corrected chi connectivity index (χ4v) is 6.39. The Hall–Kier alpha value is -3.36. The third kappa shape index (κ3) is 7.78. The minimum absolute atomic E-state index is 0.0323. The number of imidazole rings is 1. The second kappa shape index (κ2) is 13.5. The van der Waals surface area contributed by atoms with Crippen molar-refractivity contribution in [2.75, 3.05) is 43.9 Å². The summed E-state index contributed by atoms with van der Waals surface area (Å²) < 4.78 is 56.5. The van der Waals surface area contributed by atoms with Crippen molar-refractivity contribution in [1.82, 2.24) is 19.6 Å². The first-order valence-electron chi connectivity index (χ1n) is 14.8. The summed E-state index contributed by atoms with van der Waals surface area (Å²) in [5.41, 5.74) is 0.219. The number of aromatic nitrogens is 2. The van der Waals surface area contributed by atoms with E-state index in [4.69, 9.17) is 0 Å². The highest BCUT2D eigenvalue weighted by molar-refractivity contribution is 8.00. The summed E-state index contributed by atoms with van der Waals surface area (Å²) >= 11 is -0.246. The number of nitrogens with one attached hydrogen (secondary N) is 3. The van der Waals surface area contributed by atoms with Crippen LogP contribution in [-0.2, 0) is 6.42 Å². The number of halogens is 4. The lowest BCUT2D eigenvalue weighted by atomic mass is 9.93. The number of aryl methyl sites for hydroxylation is 1. The van der Waals surface area contributed by atoms with E-state index < -0.39 is 17.7 Å². The number of anilines is 2. The lowest BCUT2D eigenvalue weighted by molar-refractivity contribution is -0.0329. The number of thioether (sulfide) groups is 1. The van der Waals surface area contributed by atoms with Gasteiger partial charge in [-0.05, 0) is 67.6 Å². The van der Waals surface area contributed by atoms with E-state index in [1.807, 2.05) is 12.1 Å².